The molecular weight excluding hydrogens is 257 g/mol. The van der Waals surface area contributed by atoms with Crippen molar-refractivity contribution in [3.63, 3.8) is 0 Å². The Labute approximate surface area is 119 Å². The van der Waals surface area contributed by atoms with E-state index >= 15 is 0 Å². The van der Waals surface area contributed by atoms with E-state index in [-0.39, 0.29) is 11.7 Å². The number of benzene rings is 1. The number of rotatable bonds is 5. The lowest BCUT2D eigenvalue weighted by Crippen LogP contribution is -2.47. The first-order valence-electron chi connectivity index (χ1n) is 7.07. The van der Waals surface area contributed by atoms with Crippen LogP contribution in [0, 0.1) is 5.82 Å². The second-order valence-electron chi connectivity index (χ2n) is 5.23. The first kappa shape index (κ1) is 14.9. The van der Waals surface area contributed by atoms with Crippen LogP contribution in [0.1, 0.15) is 12.5 Å². The highest BCUT2D eigenvalue weighted by Gasteiger charge is 2.16. The minimum absolute atomic E-state index is 0.0229. The van der Waals surface area contributed by atoms with Gasteiger partial charge in [0.2, 0.25) is 5.91 Å². The maximum atomic E-state index is 13.1. The largest absolute Gasteiger partial charge is 0.355 e. The van der Waals surface area contributed by atoms with Crippen molar-refractivity contribution in [3.8, 4) is 0 Å². The summed E-state index contributed by atoms with van der Waals surface area (Å²) in [6.07, 6.45) is 0. The molecule has 0 atom stereocenters. The zero-order chi connectivity index (χ0) is 14.4. The third-order valence-electron chi connectivity index (χ3n) is 3.56. The zero-order valence-electron chi connectivity index (χ0n) is 11.9. The molecule has 2 rings (SSSR count). The Balaban J connectivity index is 1.70. The first-order valence-corrected chi connectivity index (χ1v) is 7.07. The van der Waals surface area contributed by atoms with E-state index in [4.69, 9.17) is 0 Å². The van der Waals surface area contributed by atoms with Crippen LogP contribution >= 0.6 is 0 Å². The van der Waals surface area contributed by atoms with Crippen LogP contribution in [0.4, 0.5) is 4.39 Å². The Morgan fingerprint density at radius 2 is 1.95 bits per heavy atom. The topological polar surface area (TPSA) is 35.6 Å². The van der Waals surface area contributed by atoms with Crippen molar-refractivity contribution >= 4 is 5.91 Å². The molecule has 1 aromatic rings. The highest BCUT2D eigenvalue weighted by atomic mass is 19.1. The monoisotopic (exact) mass is 279 g/mol. The molecule has 0 saturated carbocycles. The number of carbonyl (C=O) groups excluding carboxylic acids is 1. The molecule has 1 heterocycles. The minimum Gasteiger partial charge on any atom is -0.355 e. The second kappa shape index (κ2) is 7.36. The molecule has 110 valence electrons. The predicted octanol–water partition coefficient (Wildman–Crippen LogP) is 1.08. The normalized spacial score (nSPS) is 17.1. The van der Waals surface area contributed by atoms with E-state index in [9.17, 15) is 9.18 Å². The average Bonchev–Trinajstić information content (AvgIpc) is 2.40. The molecule has 1 N–H and O–H groups in total. The van der Waals surface area contributed by atoms with Crippen LogP contribution in [-0.4, -0.2) is 55.0 Å². The summed E-state index contributed by atoms with van der Waals surface area (Å²) in [5.41, 5.74) is 1.02. The van der Waals surface area contributed by atoms with Crippen molar-refractivity contribution in [2.45, 2.75) is 13.5 Å². The molecular formula is C15H22FN3O. The molecule has 1 aliphatic heterocycles. The van der Waals surface area contributed by atoms with Crippen LogP contribution in [0.2, 0.25) is 0 Å². The fraction of sp³-hybridized carbons (Fsp3) is 0.533. The third kappa shape index (κ3) is 4.90. The third-order valence-corrected chi connectivity index (χ3v) is 3.56. The van der Waals surface area contributed by atoms with Gasteiger partial charge in [-0.2, -0.15) is 0 Å². The second-order valence-corrected chi connectivity index (χ2v) is 5.23. The fourth-order valence-electron chi connectivity index (χ4n) is 2.45. The Kier molecular flexibility index (Phi) is 5.49. The van der Waals surface area contributed by atoms with E-state index in [0.29, 0.717) is 6.54 Å². The summed E-state index contributed by atoms with van der Waals surface area (Å²) in [6, 6.07) is 6.80. The summed E-state index contributed by atoms with van der Waals surface area (Å²) in [4.78, 5) is 15.5. The van der Waals surface area contributed by atoms with Crippen molar-refractivity contribution in [1.82, 2.24) is 15.1 Å². The molecule has 5 heteroatoms. The average molecular weight is 279 g/mol. The summed E-state index contributed by atoms with van der Waals surface area (Å²) >= 11 is 0. The molecule has 1 fully saturated rings. The van der Waals surface area contributed by atoms with Gasteiger partial charge in [0, 0.05) is 52.7 Å². The van der Waals surface area contributed by atoms with Crippen LogP contribution in [0.25, 0.3) is 0 Å². The zero-order valence-corrected chi connectivity index (χ0v) is 11.9. The number of hydrogen-bond acceptors (Lipinski definition) is 3. The summed E-state index contributed by atoms with van der Waals surface area (Å²) in [7, 11) is 0. The van der Waals surface area contributed by atoms with Gasteiger partial charge in [-0.3, -0.25) is 14.6 Å². The van der Waals surface area contributed by atoms with Gasteiger partial charge in [0.05, 0.1) is 0 Å². The molecule has 4 nitrogen and oxygen atoms in total. The summed E-state index contributed by atoms with van der Waals surface area (Å²) in [6.45, 7) is 7.90. The molecule has 0 spiro atoms. The summed E-state index contributed by atoms with van der Waals surface area (Å²) in [5, 5.41) is 2.81. The van der Waals surface area contributed by atoms with Gasteiger partial charge >= 0.3 is 0 Å². The Bertz CT molecular complexity index is 444. The summed E-state index contributed by atoms with van der Waals surface area (Å²) in [5.74, 6) is -0.147. The predicted molar refractivity (Wildman–Crippen MR) is 76.8 cm³/mol. The van der Waals surface area contributed by atoms with Gasteiger partial charge in [-0.05, 0) is 17.7 Å². The van der Waals surface area contributed by atoms with E-state index < -0.39 is 0 Å². The van der Waals surface area contributed by atoms with Crippen LogP contribution in [0.3, 0.4) is 0 Å². The van der Waals surface area contributed by atoms with Crippen LogP contribution in [0.5, 0.6) is 0 Å². The highest BCUT2D eigenvalue weighted by Crippen LogP contribution is 2.09. The van der Waals surface area contributed by atoms with Crippen molar-refractivity contribution in [2.75, 3.05) is 39.3 Å². The standard InChI is InChI=1S/C15H22FN3O/c1-13(20)17-5-6-18-7-9-19(10-8-18)12-14-3-2-4-15(16)11-14/h2-4,11H,5-10,12H2,1H3,(H,17,20). The lowest BCUT2D eigenvalue weighted by Gasteiger charge is -2.34. The Hall–Kier alpha value is -1.46. The maximum absolute atomic E-state index is 13.1. The Morgan fingerprint density at radius 3 is 2.60 bits per heavy atom. The van der Waals surface area contributed by atoms with Gasteiger partial charge in [0.15, 0.2) is 0 Å². The van der Waals surface area contributed by atoms with Crippen molar-refractivity contribution in [3.05, 3.63) is 35.6 Å². The van der Waals surface area contributed by atoms with Gasteiger partial charge in [-0.1, -0.05) is 12.1 Å². The maximum Gasteiger partial charge on any atom is 0.216 e. The number of piperazine rings is 1. The minimum atomic E-state index is -0.170. The molecule has 1 aromatic carbocycles. The SMILES string of the molecule is CC(=O)NCCN1CCN(Cc2cccc(F)c2)CC1. The number of halogens is 1. The lowest BCUT2D eigenvalue weighted by molar-refractivity contribution is -0.119. The van der Waals surface area contributed by atoms with Gasteiger partial charge < -0.3 is 5.32 Å². The van der Waals surface area contributed by atoms with Crippen LogP contribution < -0.4 is 5.32 Å². The Morgan fingerprint density at radius 1 is 1.25 bits per heavy atom. The molecule has 1 saturated heterocycles. The first-order chi connectivity index (χ1) is 9.63. The molecule has 0 unspecified atom stereocenters. The van der Waals surface area contributed by atoms with Crippen molar-refractivity contribution in [2.24, 2.45) is 0 Å². The number of nitrogens with one attached hydrogen (secondary N) is 1. The molecule has 20 heavy (non-hydrogen) atoms. The number of carbonyl (C=O) groups is 1. The van der Waals surface area contributed by atoms with Gasteiger partial charge in [0.25, 0.3) is 0 Å². The molecule has 0 radical (unpaired) electrons. The van der Waals surface area contributed by atoms with E-state index in [1.807, 2.05) is 6.07 Å². The van der Waals surface area contributed by atoms with Gasteiger partial charge in [0.1, 0.15) is 5.82 Å². The van der Waals surface area contributed by atoms with Crippen molar-refractivity contribution in [1.29, 1.82) is 0 Å². The number of amides is 1. The van der Waals surface area contributed by atoms with E-state index in [0.717, 1.165) is 44.8 Å². The molecule has 1 aliphatic rings. The van der Waals surface area contributed by atoms with Crippen LogP contribution in [0.15, 0.2) is 24.3 Å². The quantitative estimate of drug-likeness (QED) is 0.876. The van der Waals surface area contributed by atoms with E-state index in [1.54, 1.807) is 12.1 Å². The smallest absolute Gasteiger partial charge is 0.216 e. The number of hydrogen-bond donors (Lipinski definition) is 1. The lowest BCUT2D eigenvalue weighted by atomic mass is 10.2. The molecule has 0 bridgehead atoms. The van der Waals surface area contributed by atoms with E-state index in [1.165, 1.54) is 13.0 Å². The van der Waals surface area contributed by atoms with Crippen molar-refractivity contribution < 1.29 is 9.18 Å². The number of nitrogens with zero attached hydrogens (tertiary/aromatic N) is 2. The molecule has 0 aromatic heterocycles. The van der Waals surface area contributed by atoms with E-state index in [2.05, 4.69) is 15.1 Å². The highest BCUT2D eigenvalue weighted by molar-refractivity contribution is 5.72. The fourth-order valence-corrected chi connectivity index (χ4v) is 2.45. The van der Waals surface area contributed by atoms with Gasteiger partial charge in [-0.25, -0.2) is 4.39 Å². The molecule has 0 aliphatic carbocycles. The summed E-state index contributed by atoms with van der Waals surface area (Å²) < 4.78 is 13.1. The molecule has 1 amide bonds. The van der Waals surface area contributed by atoms with Gasteiger partial charge in [-0.15, -0.1) is 0 Å². The van der Waals surface area contributed by atoms with Crippen LogP contribution in [-0.2, 0) is 11.3 Å².